The second kappa shape index (κ2) is 7.67. The normalized spacial score (nSPS) is 12.3. The molecule has 175 valence electrons. The molecule has 0 N–H and O–H groups in total. The molecule has 36 heavy (non-hydrogen) atoms. The second-order valence-corrected chi connectivity index (χ2v) is 15.6. The zero-order valence-electron chi connectivity index (χ0n) is 20.7. The molecule has 0 unspecified atom stereocenters. The van der Waals surface area contributed by atoms with Gasteiger partial charge in [0.1, 0.15) is 5.65 Å². The van der Waals surface area contributed by atoms with Gasteiger partial charge in [-0.15, -0.1) is 8.07 Å². The van der Waals surface area contributed by atoms with E-state index in [0.29, 0.717) is 0 Å². The third kappa shape index (κ3) is 3.08. The van der Waals surface area contributed by atoms with E-state index in [2.05, 4.69) is 138 Å². The maximum Gasteiger partial charge on any atom is 0.146 e. The minimum atomic E-state index is -1.46. The monoisotopic (exact) mass is 481 g/mol. The summed E-state index contributed by atoms with van der Waals surface area (Å²) in [6.45, 7) is 7.20. The number of hydrogen-bond donors (Lipinski definition) is 0. The first kappa shape index (κ1) is 21.2. The zero-order valence-corrected chi connectivity index (χ0v) is 21.7. The van der Waals surface area contributed by atoms with Gasteiger partial charge in [-0.3, -0.25) is 4.57 Å². The summed E-state index contributed by atoms with van der Waals surface area (Å²) in [7, 11) is -1.46. The van der Waals surface area contributed by atoms with Gasteiger partial charge >= 0.3 is 0 Å². The van der Waals surface area contributed by atoms with Crippen LogP contribution in [-0.4, -0.2) is 22.2 Å². The van der Waals surface area contributed by atoms with E-state index < -0.39 is 8.07 Å². The third-order valence-corrected chi connectivity index (χ3v) is 9.30. The highest BCUT2D eigenvalue weighted by Gasteiger charge is 2.19. The maximum atomic E-state index is 5.41. The number of hydrogen-bond acceptors (Lipinski definition) is 1. The molecule has 0 saturated heterocycles. The van der Waals surface area contributed by atoms with Gasteiger partial charge in [0.2, 0.25) is 0 Å². The lowest BCUT2D eigenvalue weighted by Gasteiger charge is -2.29. The molecular formula is C32H27N3Si-. The Balaban J connectivity index is 1.64. The van der Waals surface area contributed by atoms with Crippen LogP contribution in [0.15, 0.2) is 109 Å². The van der Waals surface area contributed by atoms with E-state index in [-0.39, 0.29) is 0 Å². The fourth-order valence-corrected chi connectivity index (χ4v) is 6.64. The number of aromatic nitrogens is 3. The van der Waals surface area contributed by atoms with Crippen molar-refractivity contribution < 1.29 is 0 Å². The highest BCUT2D eigenvalue weighted by atomic mass is 28.3. The summed E-state index contributed by atoms with van der Waals surface area (Å²) >= 11 is 0. The Morgan fingerprint density at radius 3 is 1.92 bits per heavy atom. The third-order valence-electron chi connectivity index (χ3n) is 7.25. The van der Waals surface area contributed by atoms with Crippen LogP contribution in [0, 0.1) is 0 Å². The first-order valence-electron chi connectivity index (χ1n) is 12.5. The van der Waals surface area contributed by atoms with Gasteiger partial charge in [0.25, 0.3) is 0 Å². The molecular weight excluding hydrogens is 454 g/mol. The molecule has 0 aliphatic carbocycles. The van der Waals surface area contributed by atoms with Crippen molar-refractivity contribution in [3.63, 3.8) is 0 Å². The SMILES string of the molecule is C[Si-](C)(C)c1cccc(-n2c3ccccc3c3cc4c(nc32)c2ccccc2n4-c2ccccc2)c1. The molecule has 0 atom stereocenters. The van der Waals surface area contributed by atoms with Crippen LogP contribution in [0.2, 0.25) is 19.6 Å². The van der Waals surface area contributed by atoms with Crippen molar-refractivity contribution in [3.05, 3.63) is 109 Å². The molecule has 4 heteroatoms. The Hall–Kier alpha value is -4.15. The van der Waals surface area contributed by atoms with E-state index in [1.54, 1.807) is 0 Å². The van der Waals surface area contributed by atoms with Crippen molar-refractivity contribution in [1.82, 2.24) is 14.1 Å². The van der Waals surface area contributed by atoms with Gasteiger partial charge in [0.15, 0.2) is 0 Å². The molecule has 0 radical (unpaired) electrons. The quantitative estimate of drug-likeness (QED) is 0.236. The molecule has 0 fully saturated rings. The predicted molar refractivity (Wildman–Crippen MR) is 156 cm³/mol. The van der Waals surface area contributed by atoms with Crippen LogP contribution >= 0.6 is 0 Å². The predicted octanol–water partition coefficient (Wildman–Crippen LogP) is 7.82. The zero-order chi connectivity index (χ0) is 24.4. The lowest BCUT2D eigenvalue weighted by Crippen LogP contribution is -2.37. The first-order chi connectivity index (χ1) is 17.5. The lowest BCUT2D eigenvalue weighted by molar-refractivity contribution is 1.14. The number of para-hydroxylation sites is 3. The fraction of sp³-hybridized carbons (Fsp3) is 0.0938. The molecule has 3 aromatic heterocycles. The number of benzene rings is 4. The van der Waals surface area contributed by atoms with Gasteiger partial charge in [0.05, 0.1) is 22.1 Å². The minimum Gasteiger partial charge on any atom is -0.308 e. The Bertz CT molecular complexity index is 1920. The van der Waals surface area contributed by atoms with Crippen LogP contribution in [0.25, 0.3) is 55.2 Å². The molecule has 0 saturated carbocycles. The average Bonchev–Trinajstić information content (AvgIpc) is 3.40. The van der Waals surface area contributed by atoms with Gasteiger partial charge in [-0.2, -0.15) is 24.8 Å². The van der Waals surface area contributed by atoms with Crippen LogP contribution in [0.5, 0.6) is 0 Å². The average molecular weight is 482 g/mol. The smallest absolute Gasteiger partial charge is 0.146 e. The summed E-state index contributed by atoms with van der Waals surface area (Å²) in [4.78, 5) is 5.41. The van der Waals surface area contributed by atoms with Crippen molar-refractivity contribution in [1.29, 1.82) is 0 Å². The van der Waals surface area contributed by atoms with Crippen LogP contribution in [0.1, 0.15) is 0 Å². The van der Waals surface area contributed by atoms with Crippen molar-refractivity contribution in [2.24, 2.45) is 0 Å². The summed E-state index contributed by atoms with van der Waals surface area (Å²) in [6, 6.07) is 39.3. The van der Waals surface area contributed by atoms with Crippen molar-refractivity contribution >= 4 is 57.1 Å². The van der Waals surface area contributed by atoms with Crippen LogP contribution in [0.3, 0.4) is 0 Å². The van der Waals surface area contributed by atoms with Crippen LogP contribution < -0.4 is 5.19 Å². The molecule has 0 bridgehead atoms. The molecule has 0 aliphatic heterocycles. The number of fused-ring (bicyclic) bond motifs is 6. The molecule has 0 amide bonds. The summed E-state index contributed by atoms with van der Waals surface area (Å²) in [5.41, 5.74) is 7.87. The molecule has 3 heterocycles. The van der Waals surface area contributed by atoms with Gasteiger partial charge in [0, 0.05) is 27.5 Å². The number of rotatable bonds is 3. The Labute approximate surface area is 211 Å². The Kier molecular flexibility index (Phi) is 4.51. The van der Waals surface area contributed by atoms with E-state index in [9.17, 15) is 0 Å². The van der Waals surface area contributed by atoms with Crippen molar-refractivity contribution in [2.75, 3.05) is 0 Å². The highest BCUT2D eigenvalue weighted by molar-refractivity contribution is 6.88. The van der Waals surface area contributed by atoms with Gasteiger partial charge in [-0.25, -0.2) is 4.98 Å². The van der Waals surface area contributed by atoms with Gasteiger partial charge in [-0.1, -0.05) is 72.8 Å². The fourth-order valence-electron chi connectivity index (χ4n) is 5.47. The number of pyridine rings is 1. The second-order valence-electron chi connectivity index (χ2n) is 10.6. The Morgan fingerprint density at radius 1 is 0.528 bits per heavy atom. The van der Waals surface area contributed by atoms with E-state index in [1.165, 1.54) is 38.1 Å². The number of nitrogens with zero attached hydrogens (tertiary/aromatic N) is 3. The van der Waals surface area contributed by atoms with Crippen LogP contribution in [-0.2, 0) is 0 Å². The summed E-state index contributed by atoms with van der Waals surface area (Å²) in [5, 5.41) is 5.03. The first-order valence-corrected chi connectivity index (χ1v) is 16.0. The lowest BCUT2D eigenvalue weighted by atomic mass is 10.2. The van der Waals surface area contributed by atoms with E-state index >= 15 is 0 Å². The molecule has 7 rings (SSSR count). The molecule has 0 aliphatic rings. The van der Waals surface area contributed by atoms with E-state index in [1.807, 2.05) is 0 Å². The largest absolute Gasteiger partial charge is 0.308 e. The Morgan fingerprint density at radius 2 is 1.17 bits per heavy atom. The highest BCUT2D eigenvalue weighted by Crippen LogP contribution is 2.37. The summed E-state index contributed by atoms with van der Waals surface area (Å²) in [5.74, 6) is 0. The van der Waals surface area contributed by atoms with Crippen LogP contribution in [0.4, 0.5) is 0 Å². The summed E-state index contributed by atoms with van der Waals surface area (Å²) in [6.07, 6.45) is 0. The van der Waals surface area contributed by atoms with Gasteiger partial charge in [-0.05, 0) is 36.4 Å². The molecule has 0 spiro atoms. The topological polar surface area (TPSA) is 22.8 Å². The molecule has 4 aromatic carbocycles. The molecule has 3 nitrogen and oxygen atoms in total. The van der Waals surface area contributed by atoms with Crippen molar-refractivity contribution in [3.8, 4) is 11.4 Å². The van der Waals surface area contributed by atoms with Crippen molar-refractivity contribution in [2.45, 2.75) is 19.6 Å². The van der Waals surface area contributed by atoms with E-state index in [0.717, 1.165) is 22.4 Å². The summed E-state index contributed by atoms with van der Waals surface area (Å²) < 4.78 is 4.69. The maximum absolute atomic E-state index is 5.41. The van der Waals surface area contributed by atoms with E-state index in [4.69, 9.17) is 4.98 Å². The minimum absolute atomic E-state index is 1.01. The van der Waals surface area contributed by atoms with Gasteiger partial charge < -0.3 is 4.57 Å². The molecule has 7 aromatic rings. The standard InChI is InChI=1S/C32H27N3Si/c1-36(2,3)24-15-11-14-23(20-24)35-28-18-9-7-16-25(28)27-21-30-31(33-32(27)35)26-17-8-10-19-29(26)34(30)22-12-5-4-6-13-22/h4-21H,1-3H3/q-1.